The maximum absolute atomic E-state index is 12.9. The van der Waals surface area contributed by atoms with E-state index in [0.29, 0.717) is 18.5 Å². The third-order valence-corrected chi connectivity index (χ3v) is 4.38. The van der Waals surface area contributed by atoms with Gasteiger partial charge in [-0.05, 0) is 25.0 Å². The number of guanidine groups is 1. The number of likely N-dealkylation sites (tertiary alicyclic amines) is 1. The van der Waals surface area contributed by atoms with E-state index in [1.807, 2.05) is 6.08 Å². The van der Waals surface area contributed by atoms with Crippen LogP contribution in [-0.4, -0.2) is 56.7 Å². The van der Waals surface area contributed by atoms with Crippen LogP contribution < -0.4 is 15.4 Å². The van der Waals surface area contributed by atoms with Gasteiger partial charge in [0.15, 0.2) is 5.96 Å². The molecule has 9 heteroatoms. The van der Waals surface area contributed by atoms with Crippen molar-refractivity contribution in [1.29, 1.82) is 0 Å². The molecule has 0 radical (unpaired) electrons. The van der Waals surface area contributed by atoms with Gasteiger partial charge in [-0.2, -0.15) is 13.2 Å². The molecule has 0 atom stereocenters. The normalized spacial score (nSPS) is 16.2. The fourth-order valence-electron chi connectivity index (χ4n) is 2.99. The molecule has 0 aromatic heterocycles. The van der Waals surface area contributed by atoms with Crippen LogP contribution >= 0.6 is 24.0 Å². The predicted molar refractivity (Wildman–Crippen MR) is 117 cm³/mol. The molecule has 1 fully saturated rings. The minimum atomic E-state index is -4.43. The number of piperidine rings is 1. The van der Waals surface area contributed by atoms with Gasteiger partial charge in [-0.3, -0.25) is 9.89 Å². The summed E-state index contributed by atoms with van der Waals surface area (Å²) in [6.07, 6.45) is -0.513. The summed E-state index contributed by atoms with van der Waals surface area (Å²) in [6, 6.07) is 5.54. The highest BCUT2D eigenvalue weighted by atomic mass is 127. The Morgan fingerprint density at radius 3 is 2.61 bits per heavy atom. The second-order valence-electron chi connectivity index (χ2n) is 6.35. The first kappa shape index (κ1) is 24.5. The molecule has 1 heterocycles. The number of ether oxygens (including phenoxy) is 1. The summed E-state index contributed by atoms with van der Waals surface area (Å²) in [5, 5.41) is 6.44. The first-order chi connectivity index (χ1) is 12.9. The van der Waals surface area contributed by atoms with Gasteiger partial charge in [-0.15, -0.1) is 30.6 Å². The van der Waals surface area contributed by atoms with Gasteiger partial charge in [0.2, 0.25) is 0 Å². The Bertz CT molecular complexity index is 632. The molecule has 0 bridgehead atoms. The van der Waals surface area contributed by atoms with Crippen molar-refractivity contribution in [3.05, 3.63) is 42.5 Å². The molecule has 1 aromatic carbocycles. The maximum Gasteiger partial charge on any atom is 0.419 e. The van der Waals surface area contributed by atoms with Crippen molar-refractivity contribution in [3.8, 4) is 5.75 Å². The minimum absolute atomic E-state index is 0. The van der Waals surface area contributed by atoms with Gasteiger partial charge in [0.25, 0.3) is 0 Å². The number of para-hydroxylation sites is 1. The summed E-state index contributed by atoms with van der Waals surface area (Å²) in [7, 11) is 1.67. The number of nitrogens with one attached hydrogen (secondary N) is 2. The average molecular weight is 512 g/mol. The van der Waals surface area contributed by atoms with Crippen LogP contribution in [0, 0.1) is 0 Å². The van der Waals surface area contributed by atoms with E-state index >= 15 is 0 Å². The fourth-order valence-corrected chi connectivity index (χ4v) is 2.99. The number of alkyl halides is 3. The second-order valence-corrected chi connectivity index (χ2v) is 6.35. The molecule has 2 N–H and O–H groups in total. The second kappa shape index (κ2) is 12.2. The molecule has 28 heavy (non-hydrogen) atoms. The van der Waals surface area contributed by atoms with Gasteiger partial charge < -0.3 is 15.4 Å². The van der Waals surface area contributed by atoms with Gasteiger partial charge in [0.05, 0.1) is 12.1 Å². The Kier molecular flexibility index (Phi) is 10.7. The van der Waals surface area contributed by atoms with E-state index in [9.17, 15) is 13.2 Å². The molecule has 0 spiro atoms. The van der Waals surface area contributed by atoms with E-state index in [1.165, 1.54) is 18.2 Å². The molecule has 0 aliphatic carbocycles. The molecular weight excluding hydrogens is 484 g/mol. The summed E-state index contributed by atoms with van der Waals surface area (Å²) in [6.45, 7) is 7.10. The Morgan fingerprint density at radius 2 is 2.00 bits per heavy atom. The van der Waals surface area contributed by atoms with Gasteiger partial charge >= 0.3 is 6.18 Å². The van der Waals surface area contributed by atoms with Crippen LogP contribution in [0.3, 0.4) is 0 Å². The van der Waals surface area contributed by atoms with Crippen molar-refractivity contribution in [3.63, 3.8) is 0 Å². The Labute approximate surface area is 181 Å². The highest BCUT2D eigenvalue weighted by molar-refractivity contribution is 14.0. The zero-order valence-electron chi connectivity index (χ0n) is 16.0. The molecule has 1 aliphatic heterocycles. The lowest BCUT2D eigenvalue weighted by Crippen LogP contribution is -2.49. The van der Waals surface area contributed by atoms with E-state index in [1.54, 1.807) is 7.05 Å². The zero-order chi connectivity index (χ0) is 19.7. The molecule has 158 valence electrons. The van der Waals surface area contributed by atoms with Crippen LogP contribution in [0.25, 0.3) is 0 Å². The van der Waals surface area contributed by atoms with E-state index in [0.717, 1.165) is 38.5 Å². The van der Waals surface area contributed by atoms with Crippen molar-refractivity contribution in [2.75, 3.05) is 39.8 Å². The quantitative estimate of drug-likeness (QED) is 0.193. The summed E-state index contributed by atoms with van der Waals surface area (Å²) in [5.41, 5.74) is -0.765. The molecular formula is C19H28F3IN4O. The summed E-state index contributed by atoms with van der Waals surface area (Å²) in [5.74, 6) is 0.467. The standard InChI is InChI=1S/C19H27F3N4O.HI/c1-3-11-26-12-8-15(9-13-26)25-18(23-2)24-10-14-27-17-7-5-4-6-16(17)19(20,21)22;/h3-7,15H,1,8-14H2,2H3,(H2,23,24,25);1H. The summed E-state index contributed by atoms with van der Waals surface area (Å²) >= 11 is 0. The van der Waals surface area contributed by atoms with Gasteiger partial charge in [0.1, 0.15) is 12.4 Å². The average Bonchev–Trinajstić information content (AvgIpc) is 2.65. The topological polar surface area (TPSA) is 48.9 Å². The molecule has 1 saturated heterocycles. The maximum atomic E-state index is 12.9. The summed E-state index contributed by atoms with van der Waals surface area (Å²) < 4.78 is 44.1. The van der Waals surface area contributed by atoms with Crippen LogP contribution in [0.2, 0.25) is 0 Å². The summed E-state index contributed by atoms with van der Waals surface area (Å²) in [4.78, 5) is 6.51. The number of rotatable bonds is 7. The number of halogens is 4. The van der Waals surface area contributed by atoms with Gasteiger partial charge in [0, 0.05) is 32.7 Å². The molecule has 1 aromatic rings. The molecule has 1 aliphatic rings. The van der Waals surface area contributed by atoms with E-state index in [4.69, 9.17) is 4.74 Å². The number of nitrogens with zero attached hydrogens (tertiary/aromatic N) is 2. The highest BCUT2D eigenvalue weighted by Gasteiger charge is 2.33. The van der Waals surface area contributed by atoms with Crippen LogP contribution in [0.1, 0.15) is 18.4 Å². The van der Waals surface area contributed by atoms with Crippen molar-refractivity contribution in [2.45, 2.75) is 25.1 Å². The van der Waals surface area contributed by atoms with Crippen molar-refractivity contribution < 1.29 is 17.9 Å². The minimum Gasteiger partial charge on any atom is -0.491 e. The third-order valence-electron chi connectivity index (χ3n) is 4.38. The molecule has 0 amide bonds. The first-order valence-electron chi connectivity index (χ1n) is 9.03. The van der Waals surface area contributed by atoms with E-state index in [-0.39, 0.29) is 36.3 Å². The molecule has 2 rings (SSSR count). The Balaban J connectivity index is 0.00000392. The van der Waals surface area contributed by atoms with E-state index in [2.05, 4.69) is 27.1 Å². The van der Waals surface area contributed by atoms with Crippen LogP contribution in [0.4, 0.5) is 13.2 Å². The predicted octanol–water partition coefficient (Wildman–Crippen LogP) is 3.52. The monoisotopic (exact) mass is 512 g/mol. The largest absolute Gasteiger partial charge is 0.491 e. The number of aliphatic imine (C=N–C) groups is 1. The molecule has 0 unspecified atom stereocenters. The van der Waals surface area contributed by atoms with Gasteiger partial charge in [-0.1, -0.05) is 18.2 Å². The third kappa shape index (κ3) is 7.86. The van der Waals surface area contributed by atoms with Crippen LogP contribution in [0.5, 0.6) is 5.75 Å². The Hall–Kier alpha value is -1.49. The lowest BCUT2D eigenvalue weighted by atomic mass is 10.1. The fraction of sp³-hybridized carbons (Fsp3) is 0.526. The van der Waals surface area contributed by atoms with E-state index < -0.39 is 11.7 Å². The lowest BCUT2D eigenvalue weighted by Gasteiger charge is -2.32. The first-order valence-corrected chi connectivity index (χ1v) is 9.03. The highest BCUT2D eigenvalue weighted by Crippen LogP contribution is 2.35. The molecule has 5 nitrogen and oxygen atoms in total. The number of hydrogen-bond donors (Lipinski definition) is 2. The van der Waals surface area contributed by atoms with Crippen LogP contribution in [0.15, 0.2) is 41.9 Å². The zero-order valence-corrected chi connectivity index (χ0v) is 18.3. The smallest absolute Gasteiger partial charge is 0.419 e. The number of benzene rings is 1. The SMILES string of the molecule is C=CCN1CCC(NC(=NC)NCCOc2ccccc2C(F)(F)F)CC1.I. The Morgan fingerprint density at radius 1 is 1.32 bits per heavy atom. The van der Waals surface area contributed by atoms with Crippen molar-refractivity contribution in [1.82, 2.24) is 15.5 Å². The van der Waals surface area contributed by atoms with Crippen molar-refractivity contribution in [2.24, 2.45) is 4.99 Å². The van der Waals surface area contributed by atoms with Gasteiger partial charge in [-0.25, -0.2) is 0 Å². The lowest BCUT2D eigenvalue weighted by molar-refractivity contribution is -0.138. The number of hydrogen-bond acceptors (Lipinski definition) is 3. The molecule has 0 saturated carbocycles. The van der Waals surface area contributed by atoms with Crippen LogP contribution in [-0.2, 0) is 6.18 Å². The van der Waals surface area contributed by atoms with Crippen molar-refractivity contribution >= 4 is 29.9 Å².